The molecule has 0 saturated heterocycles. The average molecular weight is 187 g/mol. The Bertz CT molecular complexity index is 339. The van der Waals surface area contributed by atoms with E-state index in [1.165, 1.54) is 0 Å². The van der Waals surface area contributed by atoms with Gasteiger partial charge in [0.25, 0.3) is 0 Å². The molecule has 0 spiro atoms. The first-order valence-electron chi connectivity index (χ1n) is 4.82. The van der Waals surface area contributed by atoms with E-state index in [1.807, 2.05) is 25.3 Å². The quantitative estimate of drug-likeness (QED) is 0.699. The van der Waals surface area contributed by atoms with Gasteiger partial charge in [-0.05, 0) is 12.5 Å². The van der Waals surface area contributed by atoms with Crippen molar-refractivity contribution < 1.29 is 0 Å². The Morgan fingerprint density at radius 2 is 2.07 bits per heavy atom. The third kappa shape index (κ3) is 2.05. The highest BCUT2D eigenvalue weighted by Gasteiger charge is 2.05. The van der Waals surface area contributed by atoms with E-state index in [2.05, 4.69) is 37.1 Å². The Kier molecular flexibility index (Phi) is 3.52. The van der Waals surface area contributed by atoms with Crippen LogP contribution in [0.1, 0.15) is 18.1 Å². The lowest BCUT2D eigenvalue weighted by Gasteiger charge is -2.21. The fourth-order valence-corrected chi connectivity index (χ4v) is 1.33. The van der Waals surface area contributed by atoms with Crippen molar-refractivity contribution >= 4 is 11.8 Å². The summed E-state index contributed by atoms with van der Waals surface area (Å²) < 4.78 is 0. The van der Waals surface area contributed by atoms with E-state index in [0.717, 1.165) is 23.4 Å². The molecule has 0 aliphatic carbocycles. The average Bonchev–Trinajstić information content (AvgIpc) is 2.26. The highest BCUT2D eigenvalue weighted by molar-refractivity contribution is 5.71. The molecule has 0 heterocycles. The maximum Gasteiger partial charge on any atom is 0.0370 e. The third-order valence-corrected chi connectivity index (χ3v) is 2.43. The van der Waals surface area contributed by atoms with Gasteiger partial charge < -0.3 is 4.90 Å². The molecule has 1 aromatic rings. The van der Waals surface area contributed by atoms with Gasteiger partial charge in [0.15, 0.2) is 0 Å². The lowest BCUT2D eigenvalue weighted by Crippen LogP contribution is -2.15. The molecule has 0 bridgehead atoms. The minimum absolute atomic E-state index is 0.963. The predicted molar refractivity (Wildman–Crippen MR) is 63.9 cm³/mol. The fourth-order valence-electron chi connectivity index (χ4n) is 1.33. The van der Waals surface area contributed by atoms with Gasteiger partial charge in [0.05, 0.1) is 0 Å². The van der Waals surface area contributed by atoms with E-state index in [4.69, 9.17) is 0 Å². The number of benzene rings is 1. The normalized spacial score (nSPS) is 9.57. The van der Waals surface area contributed by atoms with Crippen molar-refractivity contribution in [3.63, 3.8) is 0 Å². The fraction of sp³-hybridized carbons (Fsp3) is 0.231. The molecule has 0 amide bonds. The van der Waals surface area contributed by atoms with Crippen molar-refractivity contribution in [1.29, 1.82) is 0 Å². The van der Waals surface area contributed by atoms with Crippen LogP contribution in [0.3, 0.4) is 0 Å². The summed E-state index contributed by atoms with van der Waals surface area (Å²) in [5, 5.41) is 0. The Morgan fingerprint density at radius 3 is 2.64 bits per heavy atom. The number of hydrogen-bond donors (Lipinski definition) is 0. The molecular formula is C13H17N. The molecule has 74 valence electrons. The summed E-state index contributed by atoms with van der Waals surface area (Å²) in [4.78, 5) is 2.13. The van der Waals surface area contributed by atoms with Crippen LogP contribution >= 0.6 is 0 Å². The zero-order valence-electron chi connectivity index (χ0n) is 8.96. The molecule has 0 unspecified atom stereocenters. The van der Waals surface area contributed by atoms with Gasteiger partial charge in [-0.1, -0.05) is 43.5 Å². The van der Waals surface area contributed by atoms with Gasteiger partial charge in [0.1, 0.15) is 0 Å². The first-order chi connectivity index (χ1) is 6.70. The Morgan fingerprint density at radius 1 is 1.43 bits per heavy atom. The smallest absolute Gasteiger partial charge is 0.0370 e. The summed E-state index contributed by atoms with van der Waals surface area (Å²) >= 11 is 0. The number of rotatable bonds is 4. The van der Waals surface area contributed by atoms with Crippen LogP contribution < -0.4 is 0 Å². The molecule has 0 atom stereocenters. The van der Waals surface area contributed by atoms with E-state index in [1.54, 1.807) is 0 Å². The Labute approximate surface area is 86.4 Å². The lowest BCUT2D eigenvalue weighted by atomic mass is 10.0. The Hall–Kier alpha value is -1.50. The molecule has 14 heavy (non-hydrogen) atoms. The highest BCUT2D eigenvalue weighted by atomic mass is 15.1. The number of nitrogens with zero attached hydrogens (tertiary/aromatic N) is 1. The molecule has 0 N–H and O–H groups in total. The molecule has 0 fully saturated rings. The van der Waals surface area contributed by atoms with Gasteiger partial charge in [-0.3, -0.25) is 0 Å². The molecule has 0 aliphatic rings. The van der Waals surface area contributed by atoms with Gasteiger partial charge in [0, 0.05) is 24.9 Å². The summed E-state index contributed by atoms with van der Waals surface area (Å²) in [7, 11) is 2.04. The first kappa shape index (κ1) is 10.6. The molecule has 1 heteroatoms. The van der Waals surface area contributed by atoms with Gasteiger partial charge in [-0.25, -0.2) is 0 Å². The summed E-state index contributed by atoms with van der Waals surface area (Å²) in [6.07, 6.45) is 1.87. The van der Waals surface area contributed by atoms with Crippen LogP contribution in [0.15, 0.2) is 37.4 Å². The second-order valence-corrected chi connectivity index (χ2v) is 3.25. The van der Waals surface area contributed by atoms with Crippen LogP contribution in [0.2, 0.25) is 0 Å². The molecule has 0 aliphatic heterocycles. The van der Waals surface area contributed by atoms with Crippen LogP contribution in [0, 0.1) is 0 Å². The zero-order valence-corrected chi connectivity index (χ0v) is 8.96. The van der Waals surface area contributed by atoms with E-state index < -0.39 is 0 Å². The first-order valence-corrected chi connectivity index (χ1v) is 4.82. The summed E-state index contributed by atoms with van der Waals surface area (Å²) in [5.41, 5.74) is 3.34. The predicted octanol–water partition coefficient (Wildman–Crippen LogP) is 3.25. The van der Waals surface area contributed by atoms with Gasteiger partial charge >= 0.3 is 0 Å². The van der Waals surface area contributed by atoms with E-state index in [0.29, 0.717) is 0 Å². The SMILES string of the molecule is C=Cc1ccccc1C(=C)N(C)CC. The standard InChI is InChI=1S/C13H17N/c1-5-12-9-7-8-10-13(12)11(3)14(4)6-2/h5,7-10H,1,3,6H2,2,4H3. The van der Waals surface area contributed by atoms with Crippen molar-refractivity contribution in [3.05, 3.63) is 48.6 Å². The topological polar surface area (TPSA) is 3.24 Å². The van der Waals surface area contributed by atoms with Crippen molar-refractivity contribution in [2.75, 3.05) is 13.6 Å². The van der Waals surface area contributed by atoms with Gasteiger partial charge in [0.2, 0.25) is 0 Å². The minimum Gasteiger partial charge on any atom is -0.375 e. The molecular weight excluding hydrogens is 170 g/mol. The van der Waals surface area contributed by atoms with E-state index in [9.17, 15) is 0 Å². The molecule has 1 nitrogen and oxygen atoms in total. The summed E-state index contributed by atoms with van der Waals surface area (Å²) in [6, 6.07) is 8.17. The largest absolute Gasteiger partial charge is 0.375 e. The van der Waals surface area contributed by atoms with Crippen molar-refractivity contribution in [1.82, 2.24) is 4.90 Å². The minimum atomic E-state index is 0.963. The molecule has 0 saturated carbocycles. The van der Waals surface area contributed by atoms with Crippen LogP contribution in [0.5, 0.6) is 0 Å². The van der Waals surface area contributed by atoms with Crippen LogP contribution in [0.25, 0.3) is 11.8 Å². The summed E-state index contributed by atoms with van der Waals surface area (Å²) in [6.45, 7) is 11.0. The van der Waals surface area contributed by atoms with Gasteiger partial charge in [-0.2, -0.15) is 0 Å². The van der Waals surface area contributed by atoms with Crippen molar-refractivity contribution in [2.45, 2.75) is 6.92 Å². The molecule has 0 aromatic heterocycles. The maximum absolute atomic E-state index is 4.08. The Balaban J connectivity index is 3.05. The van der Waals surface area contributed by atoms with Gasteiger partial charge in [-0.15, -0.1) is 0 Å². The lowest BCUT2D eigenvalue weighted by molar-refractivity contribution is 0.510. The van der Waals surface area contributed by atoms with E-state index in [-0.39, 0.29) is 0 Å². The third-order valence-electron chi connectivity index (χ3n) is 2.43. The zero-order chi connectivity index (χ0) is 10.6. The van der Waals surface area contributed by atoms with Crippen LogP contribution in [-0.4, -0.2) is 18.5 Å². The molecule has 1 aromatic carbocycles. The monoisotopic (exact) mass is 187 g/mol. The van der Waals surface area contributed by atoms with Crippen molar-refractivity contribution in [3.8, 4) is 0 Å². The van der Waals surface area contributed by atoms with Crippen LogP contribution in [0.4, 0.5) is 0 Å². The van der Waals surface area contributed by atoms with Crippen LogP contribution in [-0.2, 0) is 0 Å². The second-order valence-electron chi connectivity index (χ2n) is 3.25. The highest BCUT2D eigenvalue weighted by Crippen LogP contribution is 2.20. The number of hydrogen-bond acceptors (Lipinski definition) is 1. The molecule has 0 radical (unpaired) electrons. The van der Waals surface area contributed by atoms with E-state index >= 15 is 0 Å². The summed E-state index contributed by atoms with van der Waals surface area (Å²) in [5.74, 6) is 0. The maximum atomic E-state index is 4.08. The van der Waals surface area contributed by atoms with Crippen molar-refractivity contribution in [2.24, 2.45) is 0 Å². The second kappa shape index (κ2) is 4.66. The molecule has 1 rings (SSSR count).